The number of carbonyl (C=O) groups excluding carboxylic acids is 2. The Morgan fingerprint density at radius 2 is 2.04 bits per heavy atom. The molecule has 0 fully saturated rings. The maximum atomic E-state index is 11.9. The fourth-order valence-corrected chi connectivity index (χ4v) is 2.51. The lowest BCUT2D eigenvalue weighted by Crippen LogP contribution is -2.30. The summed E-state index contributed by atoms with van der Waals surface area (Å²) in [5.41, 5.74) is 2.95. The van der Waals surface area contributed by atoms with Crippen LogP contribution in [0.4, 0.5) is 0 Å². The van der Waals surface area contributed by atoms with Gasteiger partial charge in [0.1, 0.15) is 12.4 Å². The Kier molecular flexibility index (Phi) is 8.57. The molecule has 1 heterocycles. The molecule has 1 N–H and O–H groups in total. The molecular weight excluding hydrogens is 356 g/mol. The number of ether oxygens (including phenoxy) is 3. The summed E-state index contributed by atoms with van der Waals surface area (Å²) < 4.78 is 15.7. The first-order chi connectivity index (χ1) is 12.7. The molecule has 0 saturated carbocycles. The van der Waals surface area contributed by atoms with E-state index in [9.17, 15) is 9.59 Å². The van der Waals surface area contributed by atoms with Crippen molar-refractivity contribution in [2.24, 2.45) is 0 Å². The number of esters is 1. The van der Waals surface area contributed by atoms with Crippen LogP contribution in [0.15, 0.2) is 35.2 Å². The number of aromatic nitrogens is 1. The van der Waals surface area contributed by atoms with Crippen molar-refractivity contribution in [2.45, 2.75) is 20.0 Å². The molecular formula is C18H22N2O5S. The zero-order chi connectivity index (χ0) is 18.6. The first-order valence-corrected chi connectivity index (χ1v) is 9.25. The number of rotatable bonds is 11. The molecule has 0 unspecified atom stereocenters. The summed E-state index contributed by atoms with van der Waals surface area (Å²) in [5.74, 6) is -0.264. The van der Waals surface area contributed by atoms with Crippen molar-refractivity contribution < 1.29 is 23.8 Å². The Balaban J connectivity index is 1.67. The van der Waals surface area contributed by atoms with E-state index in [2.05, 4.69) is 10.3 Å². The van der Waals surface area contributed by atoms with Crippen LogP contribution in [-0.2, 0) is 20.9 Å². The third-order valence-corrected chi connectivity index (χ3v) is 3.92. The lowest BCUT2D eigenvalue weighted by atomic mass is 10.2. The van der Waals surface area contributed by atoms with E-state index in [0.717, 1.165) is 12.1 Å². The van der Waals surface area contributed by atoms with E-state index in [4.69, 9.17) is 14.2 Å². The van der Waals surface area contributed by atoms with Crippen molar-refractivity contribution in [3.63, 3.8) is 0 Å². The van der Waals surface area contributed by atoms with E-state index in [-0.39, 0.29) is 12.5 Å². The number of hydrogen-bond acceptors (Lipinski definition) is 7. The monoisotopic (exact) mass is 378 g/mol. The number of hydrogen-bond donors (Lipinski definition) is 1. The first-order valence-electron chi connectivity index (χ1n) is 8.30. The molecule has 1 aromatic heterocycles. The molecule has 8 heteroatoms. The number of benzene rings is 1. The van der Waals surface area contributed by atoms with Crippen LogP contribution in [0.1, 0.15) is 29.4 Å². The summed E-state index contributed by atoms with van der Waals surface area (Å²) in [6.07, 6.45) is 0.718. The Bertz CT molecular complexity index is 673. The second-order valence-electron chi connectivity index (χ2n) is 5.27. The Morgan fingerprint density at radius 1 is 1.23 bits per heavy atom. The van der Waals surface area contributed by atoms with E-state index in [0.29, 0.717) is 37.7 Å². The molecule has 0 spiro atoms. The lowest BCUT2D eigenvalue weighted by molar-refractivity contribution is -0.124. The third kappa shape index (κ3) is 7.20. The molecule has 1 aromatic carbocycles. The predicted molar refractivity (Wildman–Crippen MR) is 97.3 cm³/mol. The molecule has 140 valence electrons. The van der Waals surface area contributed by atoms with Gasteiger partial charge in [-0.15, -0.1) is 11.3 Å². The summed E-state index contributed by atoms with van der Waals surface area (Å²) in [7, 11) is 0. The maximum Gasteiger partial charge on any atom is 0.338 e. The van der Waals surface area contributed by atoms with E-state index in [1.54, 1.807) is 29.8 Å². The molecule has 7 nitrogen and oxygen atoms in total. The van der Waals surface area contributed by atoms with Gasteiger partial charge in [-0.05, 0) is 37.6 Å². The molecule has 0 bridgehead atoms. The second kappa shape index (κ2) is 11.2. The van der Waals surface area contributed by atoms with Gasteiger partial charge in [0.15, 0.2) is 6.61 Å². The van der Waals surface area contributed by atoms with Crippen molar-refractivity contribution in [1.82, 2.24) is 10.3 Å². The van der Waals surface area contributed by atoms with Crippen molar-refractivity contribution in [2.75, 3.05) is 26.4 Å². The summed E-state index contributed by atoms with van der Waals surface area (Å²) in [4.78, 5) is 27.7. The van der Waals surface area contributed by atoms with Crippen molar-refractivity contribution >= 4 is 23.2 Å². The van der Waals surface area contributed by atoms with Gasteiger partial charge in [-0.3, -0.25) is 4.79 Å². The minimum atomic E-state index is -0.555. The van der Waals surface area contributed by atoms with Gasteiger partial charge >= 0.3 is 5.97 Å². The van der Waals surface area contributed by atoms with Gasteiger partial charge in [-0.2, -0.15) is 0 Å². The molecule has 0 aliphatic carbocycles. The average molecular weight is 378 g/mol. The zero-order valence-corrected chi connectivity index (χ0v) is 15.4. The molecule has 0 atom stereocenters. The van der Waals surface area contributed by atoms with Crippen LogP contribution < -0.4 is 10.1 Å². The second-order valence-corrected chi connectivity index (χ2v) is 5.99. The Labute approximate surface area is 156 Å². The van der Waals surface area contributed by atoms with Gasteiger partial charge < -0.3 is 19.5 Å². The molecule has 2 rings (SSSR count). The molecule has 2 aromatic rings. The van der Waals surface area contributed by atoms with Gasteiger partial charge in [0.2, 0.25) is 0 Å². The fraction of sp³-hybridized carbons (Fsp3) is 0.389. The molecule has 0 aliphatic rings. The number of carbonyl (C=O) groups is 2. The fourth-order valence-electron chi connectivity index (χ4n) is 1.97. The maximum absolute atomic E-state index is 11.9. The molecule has 26 heavy (non-hydrogen) atoms. The normalized spacial score (nSPS) is 10.3. The van der Waals surface area contributed by atoms with Crippen LogP contribution in [0, 0.1) is 0 Å². The van der Waals surface area contributed by atoms with Crippen molar-refractivity contribution in [1.29, 1.82) is 0 Å². The van der Waals surface area contributed by atoms with Crippen LogP contribution in [0.5, 0.6) is 5.75 Å². The quantitative estimate of drug-likeness (QED) is 0.477. The SMILES string of the molecule is CCOCCCNC(=O)COC(=O)c1ccc(OCc2cscn2)cc1. The van der Waals surface area contributed by atoms with Crippen molar-refractivity contribution in [3.8, 4) is 5.75 Å². The summed E-state index contributed by atoms with van der Waals surface area (Å²) in [6.45, 7) is 3.71. The minimum absolute atomic E-state index is 0.310. The van der Waals surface area contributed by atoms with Crippen LogP contribution in [-0.4, -0.2) is 43.2 Å². The Hall–Kier alpha value is -2.45. The topological polar surface area (TPSA) is 86.8 Å². The highest BCUT2D eigenvalue weighted by Gasteiger charge is 2.10. The van der Waals surface area contributed by atoms with Crippen LogP contribution in [0.25, 0.3) is 0 Å². The highest BCUT2D eigenvalue weighted by molar-refractivity contribution is 7.07. The highest BCUT2D eigenvalue weighted by Crippen LogP contribution is 2.15. The third-order valence-electron chi connectivity index (χ3n) is 3.29. The lowest BCUT2D eigenvalue weighted by Gasteiger charge is -2.08. The average Bonchev–Trinajstić information content (AvgIpc) is 3.18. The smallest absolute Gasteiger partial charge is 0.338 e. The van der Waals surface area contributed by atoms with Crippen LogP contribution in [0.2, 0.25) is 0 Å². The Morgan fingerprint density at radius 3 is 2.73 bits per heavy atom. The zero-order valence-electron chi connectivity index (χ0n) is 14.6. The number of nitrogens with zero attached hydrogens (tertiary/aromatic N) is 1. The standard InChI is InChI=1S/C18H22N2O5S/c1-2-23-9-3-8-19-17(21)11-25-18(22)14-4-6-16(7-5-14)24-10-15-12-26-13-20-15/h4-7,12-13H,2-3,8-11H2,1H3,(H,19,21). The minimum Gasteiger partial charge on any atom is -0.487 e. The number of nitrogens with one attached hydrogen (secondary N) is 1. The highest BCUT2D eigenvalue weighted by atomic mass is 32.1. The first kappa shape index (κ1) is 19.9. The van der Waals surface area contributed by atoms with E-state index in [1.807, 2.05) is 12.3 Å². The number of amides is 1. The van der Waals surface area contributed by atoms with Gasteiger partial charge in [-0.1, -0.05) is 0 Å². The number of thiazole rings is 1. The molecule has 0 aliphatic heterocycles. The van der Waals surface area contributed by atoms with Gasteiger partial charge in [0.05, 0.1) is 16.8 Å². The van der Waals surface area contributed by atoms with Crippen LogP contribution >= 0.6 is 11.3 Å². The largest absolute Gasteiger partial charge is 0.487 e. The van der Waals surface area contributed by atoms with Crippen LogP contribution in [0.3, 0.4) is 0 Å². The molecule has 0 saturated heterocycles. The van der Waals surface area contributed by atoms with E-state index < -0.39 is 5.97 Å². The summed E-state index contributed by atoms with van der Waals surface area (Å²) in [5, 5.41) is 4.58. The van der Waals surface area contributed by atoms with Gasteiger partial charge in [-0.25, -0.2) is 9.78 Å². The van der Waals surface area contributed by atoms with Gasteiger partial charge in [0, 0.05) is 25.1 Å². The molecule has 0 radical (unpaired) electrons. The van der Waals surface area contributed by atoms with E-state index in [1.165, 1.54) is 11.3 Å². The molecule has 1 amide bonds. The van der Waals surface area contributed by atoms with Gasteiger partial charge in [0.25, 0.3) is 5.91 Å². The van der Waals surface area contributed by atoms with E-state index >= 15 is 0 Å². The summed E-state index contributed by atoms with van der Waals surface area (Å²) >= 11 is 1.51. The summed E-state index contributed by atoms with van der Waals surface area (Å²) in [6, 6.07) is 6.55. The predicted octanol–water partition coefficient (Wildman–Crippen LogP) is 2.42. The van der Waals surface area contributed by atoms with Crippen molar-refractivity contribution in [3.05, 3.63) is 46.4 Å².